The van der Waals surface area contributed by atoms with E-state index in [1.807, 2.05) is 71.6 Å². The molecule has 3 aliphatic heterocycles. The number of nitriles is 1. The van der Waals surface area contributed by atoms with Gasteiger partial charge in [0.2, 0.25) is 0 Å². The van der Waals surface area contributed by atoms with Crippen LogP contribution in [0.3, 0.4) is 0 Å². The van der Waals surface area contributed by atoms with Gasteiger partial charge in [-0.2, -0.15) is 5.26 Å². The van der Waals surface area contributed by atoms with Gasteiger partial charge in [-0.15, -0.1) is 0 Å². The lowest BCUT2D eigenvalue weighted by molar-refractivity contribution is 0.414. The molecular weight excluding hydrogens is 448 g/mol. The predicted octanol–water partition coefficient (Wildman–Crippen LogP) is 6.55. The van der Waals surface area contributed by atoms with Gasteiger partial charge >= 0.3 is 0 Å². The van der Waals surface area contributed by atoms with Gasteiger partial charge in [-0.25, -0.2) is 0 Å². The van der Waals surface area contributed by atoms with E-state index >= 15 is 0 Å². The Balaban J connectivity index is 1.59. The second-order valence-electron chi connectivity index (χ2n) is 7.76. The number of hydrogen-bond acceptors (Lipinski definition) is 6. The molecule has 1 atom stereocenters. The summed E-state index contributed by atoms with van der Waals surface area (Å²) in [4.78, 5) is 4.09. The van der Waals surface area contributed by atoms with Crippen molar-refractivity contribution >= 4 is 40.7 Å². The Hall–Kier alpha value is -3.60. The number of ether oxygens (including phenoxy) is 1. The molecular formula is C26H18N4OS2. The van der Waals surface area contributed by atoms with Crippen molar-refractivity contribution in [1.29, 1.82) is 10.7 Å². The molecule has 0 amide bonds. The molecule has 160 valence electrons. The van der Waals surface area contributed by atoms with Crippen LogP contribution in [0, 0.1) is 16.7 Å². The first-order valence-electron chi connectivity index (χ1n) is 10.4. The highest BCUT2D eigenvalue weighted by Gasteiger charge is 2.44. The van der Waals surface area contributed by atoms with Crippen LogP contribution in [-0.4, -0.2) is 12.9 Å². The molecule has 6 rings (SSSR count). The minimum absolute atomic E-state index is 0.356. The van der Waals surface area contributed by atoms with Gasteiger partial charge in [-0.05, 0) is 42.0 Å². The first-order chi connectivity index (χ1) is 16.2. The molecule has 5 nitrogen and oxygen atoms in total. The van der Waals surface area contributed by atoms with Gasteiger partial charge in [0.15, 0.2) is 0 Å². The van der Waals surface area contributed by atoms with Gasteiger partial charge in [0.05, 0.1) is 41.1 Å². The fraction of sp³-hybridized carbons (Fsp3) is 0.0769. The van der Waals surface area contributed by atoms with Crippen LogP contribution in [-0.2, 0) is 0 Å². The van der Waals surface area contributed by atoms with E-state index in [9.17, 15) is 10.7 Å². The van der Waals surface area contributed by atoms with Crippen LogP contribution >= 0.6 is 23.5 Å². The van der Waals surface area contributed by atoms with Crippen LogP contribution in [0.2, 0.25) is 0 Å². The molecule has 0 bridgehead atoms. The zero-order valence-corrected chi connectivity index (χ0v) is 19.3. The number of rotatable bonds is 2. The number of methoxy groups -OCH3 is 1. The molecule has 3 aromatic rings. The molecule has 0 fully saturated rings. The first kappa shape index (κ1) is 20.0. The molecule has 33 heavy (non-hydrogen) atoms. The summed E-state index contributed by atoms with van der Waals surface area (Å²) in [5.41, 5.74) is 4.39. The number of nitrogens with zero attached hydrogens (tertiary/aromatic N) is 2. The van der Waals surface area contributed by atoms with Crippen molar-refractivity contribution in [2.45, 2.75) is 15.7 Å². The lowest BCUT2D eigenvalue weighted by atomic mass is 9.82. The minimum Gasteiger partial charge on any atom is -0.497 e. The summed E-state index contributed by atoms with van der Waals surface area (Å²) < 4.78 is 5.35. The Labute approximate surface area is 200 Å². The predicted molar refractivity (Wildman–Crippen MR) is 134 cm³/mol. The topological polar surface area (TPSA) is 72.1 Å². The summed E-state index contributed by atoms with van der Waals surface area (Å²) in [7, 11) is 1.64. The van der Waals surface area contributed by atoms with Crippen LogP contribution in [0.15, 0.2) is 104 Å². The van der Waals surface area contributed by atoms with E-state index in [0.29, 0.717) is 11.4 Å². The van der Waals surface area contributed by atoms with E-state index in [-0.39, 0.29) is 5.92 Å². The van der Waals surface area contributed by atoms with E-state index in [4.69, 9.17) is 4.74 Å². The fourth-order valence-corrected chi connectivity index (χ4v) is 6.68. The monoisotopic (exact) mass is 466 g/mol. The third-order valence-electron chi connectivity index (χ3n) is 5.96. The maximum atomic E-state index is 10.4. The Morgan fingerprint density at radius 3 is 2.42 bits per heavy atom. The van der Waals surface area contributed by atoms with Crippen molar-refractivity contribution in [3.63, 3.8) is 0 Å². The highest BCUT2D eigenvalue weighted by Crippen LogP contribution is 2.56. The largest absolute Gasteiger partial charge is 0.497 e. The number of allylic oxidation sites excluding steroid dienone is 1. The Morgan fingerprint density at radius 2 is 1.70 bits per heavy atom. The molecule has 0 aromatic heterocycles. The van der Waals surface area contributed by atoms with Gasteiger partial charge in [0.1, 0.15) is 16.6 Å². The molecule has 0 unspecified atom stereocenters. The van der Waals surface area contributed by atoms with E-state index in [0.717, 1.165) is 48.1 Å². The lowest BCUT2D eigenvalue weighted by Gasteiger charge is -2.35. The number of thioether (sulfide) groups is 2. The molecule has 3 aliphatic rings. The zero-order chi connectivity index (χ0) is 22.5. The van der Waals surface area contributed by atoms with Crippen LogP contribution in [0.1, 0.15) is 11.5 Å². The lowest BCUT2D eigenvalue weighted by Crippen LogP contribution is -2.37. The van der Waals surface area contributed by atoms with Gasteiger partial charge in [0, 0.05) is 15.4 Å². The van der Waals surface area contributed by atoms with Crippen molar-refractivity contribution < 1.29 is 4.74 Å². The van der Waals surface area contributed by atoms with Crippen LogP contribution in [0.4, 0.5) is 11.4 Å². The second-order valence-corrected chi connectivity index (χ2v) is 9.84. The molecule has 0 radical (unpaired) electrons. The number of nitrogens with one attached hydrogen (secondary N) is 2. The van der Waals surface area contributed by atoms with Crippen LogP contribution < -0.4 is 15.0 Å². The number of amidine groups is 1. The number of benzene rings is 3. The van der Waals surface area contributed by atoms with Gasteiger partial charge in [0.25, 0.3) is 0 Å². The molecule has 3 aromatic carbocycles. The van der Waals surface area contributed by atoms with Gasteiger partial charge < -0.3 is 10.1 Å². The summed E-state index contributed by atoms with van der Waals surface area (Å²) in [5, 5.41) is 24.9. The van der Waals surface area contributed by atoms with E-state index in [1.165, 1.54) is 0 Å². The summed E-state index contributed by atoms with van der Waals surface area (Å²) in [5.74, 6) is 0.797. The van der Waals surface area contributed by atoms with Crippen molar-refractivity contribution in [2.24, 2.45) is 0 Å². The third-order valence-corrected chi connectivity index (χ3v) is 8.23. The molecule has 0 spiro atoms. The van der Waals surface area contributed by atoms with Crippen LogP contribution in [0.5, 0.6) is 5.75 Å². The maximum absolute atomic E-state index is 10.4. The first-order valence-corrected chi connectivity index (χ1v) is 12.0. The summed E-state index contributed by atoms with van der Waals surface area (Å²) in [6.45, 7) is 0. The minimum atomic E-state index is -0.356. The van der Waals surface area contributed by atoms with Crippen molar-refractivity contribution in [1.82, 2.24) is 0 Å². The highest BCUT2D eigenvalue weighted by atomic mass is 32.2. The van der Waals surface area contributed by atoms with E-state index in [2.05, 4.69) is 17.5 Å². The molecule has 7 heteroatoms. The standard InChI is InChI=1S/C26H18N4OS2/c1-31-16-12-10-15(11-13-16)22-17(14-27)26-30(19-7-3-5-9-21(19)33-26)24(28)23(22)25-29-18-6-2-4-8-20(18)32-25/h2-13,22,28-29H,1H3/t22-/m0/s1. The molecule has 3 heterocycles. The molecule has 0 saturated carbocycles. The smallest absolute Gasteiger partial charge is 0.137 e. The normalized spacial score (nSPS) is 20.7. The van der Waals surface area contributed by atoms with Gasteiger partial charge in [-0.1, -0.05) is 59.9 Å². The number of hydrogen-bond donors (Lipinski definition) is 2. The average Bonchev–Trinajstić information content (AvgIpc) is 3.45. The second kappa shape index (κ2) is 7.77. The summed E-state index contributed by atoms with van der Waals surface area (Å²) >= 11 is 3.18. The molecule has 2 N–H and O–H groups in total. The molecule has 0 saturated heterocycles. The van der Waals surface area contributed by atoms with Crippen molar-refractivity contribution in [3.05, 3.63) is 99.6 Å². The van der Waals surface area contributed by atoms with Crippen molar-refractivity contribution in [3.8, 4) is 11.8 Å². The highest BCUT2D eigenvalue weighted by molar-refractivity contribution is 8.04. The van der Waals surface area contributed by atoms with E-state index < -0.39 is 0 Å². The van der Waals surface area contributed by atoms with Crippen LogP contribution in [0.25, 0.3) is 0 Å². The maximum Gasteiger partial charge on any atom is 0.137 e. The average molecular weight is 467 g/mol. The van der Waals surface area contributed by atoms with Gasteiger partial charge in [-0.3, -0.25) is 10.3 Å². The quantitative estimate of drug-likeness (QED) is 0.446. The zero-order valence-electron chi connectivity index (χ0n) is 17.6. The number of para-hydroxylation sites is 2. The van der Waals surface area contributed by atoms with Crippen molar-refractivity contribution in [2.75, 3.05) is 17.3 Å². The Bertz CT molecular complexity index is 1390. The fourth-order valence-electron chi connectivity index (χ4n) is 4.43. The Morgan fingerprint density at radius 1 is 0.970 bits per heavy atom. The summed E-state index contributed by atoms with van der Waals surface area (Å²) in [6, 6.07) is 26.5. The molecule has 0 aliphatic carbocycles. The van der Waals surface area contributed by atoms with E-state index in [1.54, 1.807) is 30.6 Å². The summed E-state index contributed by atoms with van der Waals surface area (Å²) in [6.07, 6.45) is 0. The number of fused-ring (bicyclic) bond motifs is 4. The number of anilines is 2. The SMILES string of the molecule is COc1ccc([C@H]2C(C#N)=C3Sc4ccccc4N3C(=N)C2=C2Nc3ccccc3S2)cc1. The Kier molecular flexibility index (Phi) is 4.72. The third kappa shape index (κ3) is 3.06.